The zero-order valence-corrected chi connectivity index (χ0v) is 13.2. The quantitative estimate of drug-likeness (QED) is 0.780. The third-order valence-corrected chi connectivity index (χ3v) is 3.92. The molecule has 5 heteroatoms. The molecule has 1 aromatic rings. The molecular formula is C15H17BrN2O2. The molecule has 1 unspecified atom stereocenters. The van der Waals surface area contributed by atoms with E-state index in [1.807, 2.05) is 18.7 Å². The highest BCUT2D eigenvalue weighted by atomic mass is 79.9. The van der Waals surface area contributed by atoms with Crippen molar-refractivity contribution in [2.75, 3.05) is 18.4 Å². The van der Waals surface area contributed by atoms with Crippen molar-refractivity contribution < 1.29 is 9.53 Å². The third-order valence-electron chi connectivity index (χ3n) is 3.20. The molecule has 1 aliphatic rings. The second kappa shape index (κ2) is 5.94. The number of carbonyl (C=O) groups is 1. The largest absolute Gasteiger partial charge is 0.368 e. The van der Waals surface area contributed by atoms with E-state index in [-0.39, 0.29) is 17.6 Å². The van der Waals surface area contributed by atoms with Gasteiger partial charge >= 0.3 is 0 Å². The number of halogens is 1. The number of hydrogen-bond acceptors (Lipinski definition) is 3. The Bertz CT molecular complexity index is 534. The lowest BCUT2D eigenvalue weighted by Crippen LogP contribution is -2.55. The molecule has 1 atom stereocenters. The van der Waals surface area contributed by atoms with Crippen LogP contribution in [-0.4, -0.2) is 40.9 Å². The molecule has 0 bridgehead atoms. The molecular weight excluding hydrogens is 320 g/mol. The number of rotatable bonds is 2. The lowest BCUT2D eigenvalue weighted by molar-refractivity contribution is -0.116. The molecule has 0 N–H and O–H groups in total. The summed E-state index contributed by atoms with van der Waals surface area (Å²) >= 11 is 3.42. The fourth-order valence-corrected chi connectivity index (χ4v) is 2.74. The van der Waals surface area contributed by atoms with E-state index in [0.717, 1.165) is 0 Å². The molecule has 1 heterocycles. The molecule has 20 heavy (non-hydrogen) atoms. The number of carbonyl (C=O) groups excluding carboxylic acids is 1. The zero-order chi connectivity index (χ0) is 14.8. The Morgan fingerprint density at radius 2 is 2.15 bits per heavy atom. The maximum atomic E-state index is 12.5. The van der Waals surface area contributed by atoms with Crippen LogP contribution in [0.15, 0.2) is 24.3 Å². The molecule has 1 fully saturated rings. The smallest absolute Gasteiger partial charge is 0.254 e. The van der Waals surface area contributed by atoms with Gasteiger partial charge in [-0.1, -0.05) is 15.9 Å². The first kappa shape index (κ1) is 15.0. The van der Waals surface area contributed by atoms with Crippen LogP contribution in [0.5, 0.6) is 0 Å². The second-order valence-corrected chi connectivity index (χ2v) is 6.18. The molecule has 1 saturated heterocycles. The molecule has 0 spiro atoms. The van der Waals surface area contributed by atoms with Gasteiger partial charge in [-0.3, -0.25) is 4.79 Å². The molecule has 0 aliphatic carbocycles. The summed E-state index contributed by atoms with van der Waals surface area (Å²) < 4.78 is 5.89. The summed E-state index contributed by atoms with van der Waals surface area (Å²) in [5.74, 6) is -0.0168. The fraction of sp³-hybridized carbons (Fsp3) is 0.467. The number of benzene rings is 1. The summed E-state index contributed by atoms with van der Waals surface area (Å²) in [7, 11) is 0. The van der Waals surface area contributed by atoms with E-state index < -0.39 is 0 Å². The van der Waals surface area contributed by atoms with Crippen LogP contribution in [0.2, 0.25) is 0 Å². The number of nitrogens with zero attached hydrogens (tertiary/aromatic N) is 2. The lowest BCUT2D eigenvalue weighted by Gasteiger charge is -2.42. The van der Waals surface area contributed by atoms with Gasteiger partial charge in [0.2, 0.25) is 0 Å². The molecule has 1 aliphatic heterocycles. The standard InChI is InChI=1S/C15H17BrN2O2/c1-15(2)10-18(9-13(7-16)20-15)14(19)12-5-3-11(8-17)4-6-12/h3-6,13H,7,9-10H2,1-2H3. The van der Waals surface area contributed by atoms with Crippen molar-refractivity contribution in [3.05, 3.63) is 35.4 Å². The molecule has 0 radical (unpaired) electrons. The van der Waals surface area contributed by atoms with Crippen LogP contribution < -0.4 is 0 Å². The number of ether oxygens (including phenoxy) is 1. The van der Waals surface area contributed by atoms with Crippen LogP contribution in [0.1, 0.15) is 29.8 Å². The first-order chi connectivity index (χ1) is 9.45. The van der Waals surface area contributed by atoms with Gasteiger partial charge in [-0.15, -0.1) is 0 Å². The van der Waals surface area contributed by atoms with Crippen LogP contribution >= 0.6 is 15.9 Å². The molecule has 0 saturated carbocycles. The number of amides is 1. The van der Waals surface area contributed by atoms with Gasteiger partial charge in [0, 0.05) is 24.0 Å². The van der Waals surface area contributed by atoms with Gasteiger partial charge in [-0.05, 0) is 38.1 Å². The van der Waals surface area contributed by atoms with Crippen molar-refractivity contribution in [2.45, 2.75) is 25.6 Å². The van der Waals surface area contributed by atoms with Crippen LogP contribution in [-0.2, 0) is 4.74 Å². The minimum Gasteiger partial charge on any atom is -0.368 e. The Morgan fingerprint density at radius 3 is 2.70 bits per heavy atom. The highest BCUT2D eigenvalue weighted by Gasteiger charge is 2.35. The summed E-state index contributed by atoms with van der Waals surface area (Å²) in [5, 5.41) is 9.49. The van der Waals surface area contributed by atoms with Gasteiger partial charge in [0.15, 0.2) is 0 Å². The summed E-state index contributed by atoms with van der Waals surface area (Å²) in [6.45, 7) is 5.12. The minimum absolute atomic E-state index is 0.00100. The van der Waals surface area contributed by atoms with Crippen LogP contribution in [0.3, 0.4) is 0 Å². The predicted molar refractivity (Wildman–Crippen MR) is 79.8 cm³/mol. The van der Waals surface area contributed by atoms with Crippen molar-refractivity contribution in [1.82, 2.24) is 4.90 Å². The Hall–Kier alpha value is -1.38. The molecule has 106 valence electrons. The average Bonchev–Trinajstić information content (AvgIpc) is 2.44. The summed E-state index contributed by atoms with van der Waals surface area (Å²) in [6.07, 6.45) is 0.00100. The van der Waals surface area contributed by atoms with E-state index >= 15 is 0 Å². The average molecular weight is 337 g/mol. The van der Waals surface area contributed by atoms with Crippen LogP contribution in [0.4, 0.5) is 0 Å². The molecule has 1 aromatic carbocycles. The number of morpholine rings is 1. The Labute approximate surface area is 127 Å². The van der Waals surface area contributed by atoms with Gasteiger partial charge in [0.25, 0.3) is 5.91 Å². The van der Waals surface area contributed by atoms with Crippen molar-refractivity contribution in [1.29, 1.82) is 5.26 Å². The van der Waals surface area contributed by atoms with Crippen molar-refractivity contribution >= 4 is 21.8 Å². The lowest BCUT2D eigenvalue weighted by atomic mass is 10.0. The molecule has 0 aromatic heterocycles. The Morgan fingerprint density at radius 1 is 1.50 bits per heavy atom. The Kier molecular flexibility index (Phi) is 4.46. The van der Waals surface area contributed by atoms with E-state index in [2.05, 4.69) is 22.0 Å². The summed E-state index contributed by atoms with van der Waals surface area (Å²) in [4.78, 5) is 14.3. The van der Waals surface area contributed by atoms with Crippen molar-refractivity contribution in [2.24, 2.45) is 0 Å². The van der Waals surface area contributed by atoms with Crippen LogP contribution in [0.25, 0.3) is 0 Å². The third kappa shape index (κ3) is 3.38. The van der Waals surface area contributed by atoms with E-state index in [1.165, 1.54) is 0 Å². The van der Waals surface area contributed by atoms with Crippen molar-refractivity contribution in [3.8, 4) is 6.07 Å². The second-order valence-electron chi connectivity index (χ2n) is 5.53. The molecule has 1 amide bonds. The fourth-order valence-electron chi connectivity index (χ4n) is 2.40. The number of nitriles is 1. The minimum atomic E-state index is -0.348. The van der Waals surface area contributed by atoms with Gasteiger partial charge < -0.3 is 9.64 Å². The first-order valence-corrected chi connectivity index (χ1v) is 7.60. The van der Waals surface area contributed by atoms with Gasteiger partial charge in [0.05, 0.1) is 23.3 Å². The van der Waals surface area contributed by atoms with E-state index in [4.69, 9.17) is 10.00 Å². The first-order valence-electron chi connectivity index (χ1n) is 6.48. The number of alkyl halides is 1. The van der Waals surface area contributed by atoms with Gasteiger partial charge in [-0.25, -0.2) is 0 Å². The normalized spacial score (nSPS) is 21.3. The maximum Gasteiger partial charge on any atom is 0.254 e. The Balaban J connectivity index is 2.17. The van der Waals surface area contributed by atoms with Crippen molar-refractivity contribution in [3.63, 3.8) is 0 Å². The monoisotopic (exact) mass is 336 g/mol. The number of hydrogen-bond donors (Lipinski definition) is 0. The highest BCUT2D eigenvalue weighted by Crippen LogP contribution is 2.23. The molecule has 2 rings (SSSR count). The predicted octanol–water partition coefficient (Wildman–Crippen LogP) is 2.57. The highest BCUT2D eigenvalue weighted by molar-refractivity contribution is 9.09. The summed E-state index contributed by atoms with van der Waals surface area (Å²) in [6, 6.07) is 8.79. The maximum absolute atomic E-state index is 12.5. The van der Waals surface area contributed by atoms with Crippen LogP contribution in [0, 0.1) is 11.3 Å². The van der Waals surface area contributed by atoms with Gasteiger partial charge in [-0.2, -0.15) is 5.26 Å². The van der Waals surface area contributed by atoms with E-state index in [9.17, 15) is 4.79 Å². The topological polar surface area (TPSA) is 53.3 Å². The van der Waals surface area contributed by atoms with E-state index in [0.29, 0.717) is 29.5 Å². The molecule has 4 nitrogen and oxygen atoms in total. The van der Waals surface area contributed by atoms with Gasteiger partial charge in [0.1, 0.15) is 0 Å². The summed E-state index contributed by atoms with van der Waals surface area (Å²) in [5.41, 5.74) is 0.816. The zero-order valence-electron chi connectivity index (χ0n) is 11.6. The van der Waals surface area contributed by atoms with E-state index in [1.54, 1.807) is 24.3 Å². The SMILES string of the molecule is CC1(C)CN(C(=O)c2ccc(C#N)cc2)CC(CBr)O1.